The largest absolute Gasteiger partial charge is 0.394 e. The molecule has 2 rings (SSSR count). The van der Waals surface area contributed by atoms with Crippen molar-refractivity contribution in [2.45, 2.75) is 4.90 Å². The van der Waals surface area contributed by atoms with Crippen molar-refractivity contribution in [1.82, 2.24) is 19.7 Å². The Bertz CT molecular complexity index is 666. The molecule has 0 radical (unpaired) electrons. The summed E-state index contributed by atoms with van der Waals surface area (Å²) in [5.74, 6) is 0.236. The van der Waals surface area contributed by atoms with Crippen molar-refractivity contribution in [3.63, 3.8) is 0 Å². The average molecular weight is 274 g/mol. The maximum absolute atomic E-state index is 11.3. The van der Waals surface area contributed by atoms with Crippen molar-refractivity contribution < 1.29 is 8.42 Å². The zero-order chi connectivity index (χ0) is 12.6. The van der Waals surface area contributed by atoms with Gasteiger partial charge in [0.25, 0.3) is 0 Å². The second-order valence-corrected chi connectivity index (χ2v) is 5.66. The summed E-state index contributed by atoms with van der Waals surface area (Å²) in [5, 5.41) is 3.87. The Labute approximate surface area is 102 Å². The van der Waals surface area contributed by atoms with Gasteiger partial charge in [-0.25, -0.2) is 18.1 Å². The van der Waals surface area contributed by atoms with Crippen LogP contribution in [0.15, 0.2) is 23.5 Å². The number of halogens is 1. The molecular formula is C8H8ClN5O2S. The highest BCUT2D eigenvalue weighted by atomic mass is 35.5. The lowest BCUT2D eigenvalue weighted by Crippen LogP contribution is -2.04. The molecule has 0 unspecified atom stereocenters. The minimum absolute atomic E-state index is 0.00519. The summed E-state index contributed by atoms with van der Waals surface area (Å²) in [6.45, 7) is 0. The van der Waals surface area contributed by atoms with Gasteiger partial charge in [0.1, 0.15) is 4.90 Å². The Hall–Kier alpha value is -1.67. The number of sulfone groups is 1. The van der Waals surface area contributed by atoms with E-state index in [9.17, 15) is 8.42 Å². The summed E-state index contributed by atoms with van der Waals surface area (Å²) in [5.41, 5.74) is 5.89. The smallest absolute Gasteiger partial charge is 0.224 e. The van der Waals surface area contributed by atoms with E-state index >= 15 is 0 Å². The van der Waals surface area contributed by atoms with Gasteiger partial charge in [-0.1, -0.05) is 0 Å². The van der Waals surface area contributed by atoms with Crippen molar-refractivity contribution >= 4 is 27.1 Å². The third kappa shape index (κ3) is 2.37. The third-order valence-electron chi connectivity index (χ3n) is 1.97. The highest BCUT2D eigenvalue weighted by Crippen LogP contribution is 2.16. The zero-order valence-electron chi connectivity index (χ0n) is 8.70. The molecule has 17 heavy (non-hydrogen) atoms. The van der Waals surface area contributed by atoms with Crippen molar-refractivity contribution in [1.29, 1.82) is 0 Å². The second-order valence-electron chi connectivity index (χ2n) is 3.31. The summed E-state index contributed by atoms with van der Waals surface area (Å²) in [6, 6.07) is 0. The van der Waals surface area contributed by atoms with Crippen LogP contribution < -0.4 is 5.73 Å². The van der Waals surface area contributed by atoms with E-state index < -0.39 is 9.84 Å². The fourth-order valence-corrected chi connectivity index (χ4v) is 1.82. The van der Waals surface area contributed by atoms with E-state index in [0.717, 1.165) is 6.26 Å². The number of hydrogen-bond donors (Lipinski definition) is 1. The van der Waals surface area contributed by atoms with Crippen LogP contribution in [-0.4, -0.2) is 34.4 Å². The normalized spacial score (nSPS) is 11.6. The Kier molecular flexibility index (Phi) is 2.76. The van der Waals surface area contributed by atoms with Crippen LogP contribution in [0.3, 0.4) is 0 Å². The summed E-state index contributed by atoms with van der Waals surface area (Å²) < 4.78 is 23.8. The van der Waals surface area contributed by atoms with E-state index in [-0.39, 0.29) is 21.7 Å². The minimum atomic E-state index is -3.31. The SMILES string of the molecule is CS(=O)(=O)c1cnn(-c2nc(Cl)ncc2N)c1. The molecule has 2 heterocycles. The molecule has 0 aliphatic rings. The van der Waals surface area contributed by atoms with Crippen LogP contribution in [0.1, 0.15) is 0 Å². The van der Waals surface area contributed by atoms with Gasteiger partial charge in [0.15, 0.2) is 15.7 Å². The van der Waals surface area contributed by atoms with Crippen molar-refractivity contribution in [2.75, 3.05) is 12.0 Å². The third-order valence-corrected chi connectivity index (χ3v) is 3.22. The van der Waals surface area contributed by atoms with Crippen LogP contribution in [0.5, 0.6) is 0 Å². The van der Waals surface area contributed by atoms with Crippen LogP contribution in [0, 0.1) is 0 Å². The summed E-state index contributed by atoms with van der Waals surface area (Å²) in [7, 11) is -3.31. The Morgan fingerprint density at radius 1 is 1.41 bits per heavy atom. The Morgan fingerprint density at radius 3 is 2.71 bits per heavy atom. The van der Waals surface area contributed by atoms with Gasteiger partial charge in [0.05, 0.1) is 24.3 Å². The van der Waals surface area contributed by atoms with Gasteiger partial charge in [0, 0.05) is 6.26 Å². The van der Waals surface area contributed by atoms with Gasteiger partial charge in [-0.15, -0.1) is 0 Å². The first-order valence-corrected chi connectivity index (χ1v) is 6.68. The molecule has 0 amide bonds. The van der Waals surface area contributed by atoms with Crippen molar-refractivity contribution in [3.05, 3.63) is 23.9 Å². The Morgan fingerprint density at radius 2 is 2.12 bits per heavy atom. The van der Waals surface area contributed by atoms with Crippen LogP contribution in [0.4, 0.5) is 5.69 Å². The van der Waals surface area contributed by atoms with Crippen LogP contribution in [0.25, 0.3) is 5.82 Å². The van der Waals surface area contributed by atoms with Crippen LogP contribution >= 0.6 is 11.6 Å². The number of nitrogen functional groups attached to an aromatic ring is 1. The van der Waals surface area contributed by atoms with Gasteiger partial charge in [-0.3, -0.25) is 0 Å². The molecule has 90 valence electrons. The first kappa shape index (κ1) is 11.8. The predicted molar refractivity (Wildman–Crippen MR) is 61.7 cm³/mol. The molecule has 7 nitrogen and oxygen atoms in total. The minimum Gasteiger partial charge on any atom is -0.394 e. The molecular weight excluding hydrogens is 266 g/mol. The lowest BCUT2D eigenvalue weighted by Gasteiger charge is -2.03. The highest BCUT2D eigenvalue weighted by Gasteiger charge is 2.13. The van der Waals surface area contributed by atoms with Crippen molar-refractivity contribution in [3.8, 4) is 5.82 Å². The summed E-state index contributed by atoms with van der Waals surface area (Å²) >= 11 is 5.63. The van der Waals surface area contributed by atoms with E-state index in [1.807, 2.05) is 0 Å². The van der Waals surface area contributed by atoms with Gasteiger partial charge in [0.2, 0.25) is 5.28 Å². The number of nitrogens with two attached hydrogens (primary N) is 1. The molecule has 9 heteroatoms. The number of nitrogens with zero attached hydrogens (tertiary/aromatic N) is 4. The van der Waals surface area contributed by atoms with E-state index in [4.69, 9.17) is 17.3 Å². The molecule has 0 atom stereocenters. The first-order chi connectivity index (χ1) is 7.88. The van der Waals surface area contributed by atoms with Gasteiger partial charge >= 0.3 is 0 Å². The molecule has 0 saturated heterocycles. The quantitative estimate of drug-likeness (QED) is 0.789. The standard InChI is InChI=1S/C8H8ClN5O2S/c1-17(15,16)5-2-12-14(4-5)7-6(10)3-11-8(9)13-7/h2-4H,10H2,1H3. The monoisotopic (exact) mass is 273 g/mol. The van der Waals surface area contributed by atoms with E-state index in [2.05, 4.69) is 15.1 Å². The van der Waals surface area contributed by atoms with E-state index in [1.54, 1.807) is 0 Å². The zero-order valence-corrected chi connectivity index (χ0v) is 10.3. The predicted octanol–water partition coefficient (Wildman–Crippen LogP) is 0.301. The molecule has 0 bridgehead atoms. The fourth-order valence-electron chi connectivity index (χ4n) is 1.16. The molecule has 2 aromatic heterocycles. The number of anilines is 1. The van der Waals surface area contributed by atoms with Gasteiger partial charge in [-0.05, 0) is 11.6 Å². The maximum Gasteiger partial charge on any atom is 0.224 e. The highest BCUT2D eigenvalue weighted by molar-refractivity contribution is 7.90. The molecule has 0 aliphatic carbocycles. The maximum atomic E-state index is 11.3. The summed E-state index contributed by atoms with van der Waals surface area (Å²) in [6.07, 6.45) is 4.94. The number of rotatable bonds is 2. The molecule has 0 saturated carbocycles. The van der Waals surface area contributed by atoms with Gasteiger partial charge in [-0.2, -0.15) is 10.1 Å². The fraction of sp³-hybridized carbons (Fsp3) is 0.125. The summed E-state index contributed by atoms with van der Waals surface area (Å²) in [4.78, 5) is 7.64. The number of aromatic nitrogens is 4. The Balaban J connectivity index is 2.55. The van der Waals surface area contributed by atoms with E-state index in [0.29, 0.717) is 0 Å². The van der Waals surface area contributed by atoms with Gasteiger partial charge < -0.3 is 5.73 Å². The van der Waals surface area contributed by atoms with E-state index in [1.165, 1.54) is 23.3 Å². The van der Waals surface area contributed by atoms with Crippen molar-refractivity contribution in [2.24, 2.45) is 0 Å². The molecule has 0 spiro atoms. The first-order valence-electron chi connectivity index (χ1n) is 4.41. The lowest BCUT2D eigenvalue weighted by molar-refractivity contribution is 0.602. The topological polar surface area (TPSA) is 104 Å². The second kappa shape index (κ2) is 3.97. The average Bonchev–Trinajstić information content (AvgIpc) is 2.70. The number of hydrogen-bond acceptors (Lipinski definition) is 6. The molecule has 2 N–H and O–H groups in total. The molecule has 0 aromatic carbocycles. The molecule has 2 aromatic rings. The molecule has 0 aliphatic heterocycles. The van der Waals surface area contributed by atoms with Crippen LogP contribution in [-0.2, 0) is 9.84 Å². The molecule has 0 fully saturated rings. The lowest BCUT2D eigenvalue weighted by atomic mass is 10.5. The van der Waals surface area contributed by atoms with Crippen LogP contribution in [0.2, 0.25) is 5.28 Å².